The molecule has 0 aliphatic carbocycles. The van der Waals surface area contributed by atoms with Crippen molar-refractivity contribution in [1.29, 1.82) is 0 Å². The third kappa shape index (κ3) is 4.65. The molecule has 4 aromatic rings. The number of anilines is 1. The molecule has 0 unspecified atom stereocenters. The van der Waals surface area contributed by atoms with Crippen LogP contribution in [0.4, 0.5) is 5.69 Å². The Kier molecular flexibility index (Phi) is 5.80. The van der Waals surface area contributed by atoms with Crippen LogP contribution in [0.3, 0.4) is 0 Å². The molecule has 9 nitrogen and oxygen atoms in total. The fourth-order valence-electron chi connectivity index (χ4n) is 3.82. The van der Waals surface area contributed by atoms with E-state index < -0.39 is 18.4 Å². The van der Waals surface area contributed by atoms with Gasteiger partial charge in [0, 0.05) is 12.0 Å². The highest BCUT2D eigenvalue weighted by Crippen LogP contribution is 2.28. The van der Waals surface area contributed by atoms with E-state index in [0.29, 0.717) is 33.7 Å². The van der Waals surface area contributed by atoms with Crippen LogP contribution in [0.1, 0.15) is 32.1 Å². The number of carbonyl (C=O) groups is 3. The van der Waals surface area contributed by atoms with Crippen LogP contribution < -0.4 is 15.6 Å². The van der Waals surface area contributed by atoms with Crippen LogP contribution in [0.15, 0.2) is 71.5 Å². The van der Waals surface area contributed by atoms with Crippen LogP contribution in [0, 0.1) is 0 Å². The molecule has 5 rings (SSSR count). The van der Waals surface area contributed by atoms with E-state index in [2.05, 4.69) is 15.3 Å². The number of para-hydroxylation sites is 1. The molecule has 9 heteroatoms. The average molecular weight is 469 g/mol. The largest absolute Gasteiger partial charge is 0.482 e. The number of hydrogen-bond acceptors (Lipinski definition) is 7. The molecule has 0 bridgehead atoms. The molecule has 1 aromatic heterocycles. The van der Waals surface area contributed by atoms with Crippen LogP contribution in [0.5, 0.6) is 5.75 Å². The summed E-state index contributed by atoms with van der Waals surface area (Å²) in [5.74, 6) is -0.547. The molecule has 2 heterocycles. The first-order chi connectivity index (χ1) is 17.0. The quantitative estimate of drug-likeness (QED) is 0.328. The molecule has 0 radical (unpaired) electrons. The fourth-order valence-corrected chi connectivity index (χ4v) is 3.82. The third-order valence-electron chi connectivity index (χ3n) is 5.53. The molecule has 0 saturated carbocycles. The first-order valence-corrected chi connectivity index (χ1v) is 10.8. The van der Waals surface area contributed by atoms with E-state index in [4.69, 9.17) is 9.47 Å². The van der Waals surface area contributed by atoms with E-state index >= 15 is 0 Å². The van der Waals surface area contributed by atoms with Gasteiger partial charge in [-0.1, -0.05) is 30.3 Å². The molecule has 1 aliphatic rings. The number of carbonyl (C=O) groups excluding carboxylic acids is 3. The molecule has 0 spiro atoms. The Bertz CT molecular complexity index is 1540. The Hall–Kier alpha value is -4.79. The molecule has 1 amide bonds. The lowest BCUT2D eigenvalue weighted by Crippen LogP contribution is -2.25. The summed E-state index contributed by atoms with van der Waals surface area (Å²) in [5, 5.41) is 3.12. The minimum absolute atomic E-state index is 0.0834. The maximum Gasteiger partial charge on any atom is 0.338 e. The van der Waals surface area contributed by atoms with Gasteiger partial charge in [0.2, 0.25) is 0 Å². The summed E-state index contributed by atoms with van der Waals surface area (Å²) < 4.78 is 10.6. The van der Waals surface area contributed by atoms with Crippen LogP contribution in [-0.2, 0) is 16.0 Å². The summed E-state index contributed by atoms with van der Waals surface area (Å²) in [6, 6.07) is 18.4. The van der Waals surface area contributed by atoms with Gasteiger partial charge in [-0.15, -0.1) is 0 Å². The number of H-pyrrole nitrogens is 1. The van der Waals surface area contributed by atoms with Gasteiger partial charge in [-0.3, -0.25) is 14.4 Å². The lowest BCUT2D eigenvalue weighted by molar-refractivity contribution is -0.118. The number of benzene rings is 3. The molecular weight excluding hydrogens is 450 g/mol. The topological polar surface area (TPSA) is 127 Å². The van der Waals surface area contributed by atoms with Crippen molar-refractivity contribution in [2.45, 2.75) is 6.42 Å². The second-order valence-electron chi connectivity index (χ2n) is 7.91. The first-order valence-electron chi connectivity index (χ1n) is 10.8. The number of rotatable bonds is 6. The molecule has 0 atom stereocenters. The SMILES string of the molecule is O=C1COc2ccc(C(=O)COC(=O)c3ccccc3Cc3nc4ccccc4c(=O)[nH]3)cc2N1. The van der Waals surface area contributed by atoms with E-state index in [9.17, 15) is 19.2 Å². The van der Waals surface area contributed by atoms with Gasteiger partial charge in [0.25, 0.3) is 11.5 Å². The van der Waals surface area contributed by atoms with Crippen LogP contribution in [-0.4, -0.2) is 40.8 Å². The van der Waals surface area contributed by atoms with Crippen LogP contribution in [0.25, 0.3) is 10.9 Å². The number of amides is 1. The van der Waals surface area contributed by atoms with Gasteiger partial charge in [0.1, 0.15) is 11.6 Å². The number of aromatic amines is 1. The first kappa shape index (κ1) is 22.0. The number of nitrogens with zero attached hydrogens (tertiary/aromatic N) is 1. The number of esters is 1. The lowest BCUT2D eigenvalue weighted by Gasteiger charge is -2.18. The molecular formula is C26H19N3O6. The Morgan fingerprint density at radius 3 is 2.69 bits per heavy atom. The van der Waals surface area contributed by atoms with Crippen LogP contribution in [0.2, 0.25) is 0 Å². The molecule has 35 heavy (non-hydrogen) atoms. The third-order valence-corrected chi connectivity index (χ3v) is 5.53. The summed E-state index contributed by atoms with van der Waals surface area (Å²) in [4.78, 5) is 56.5. The normalized spacial score (nSPS) is 12.4. The molecule has 3 aromatic carbocycles. The summed E-state index contributed by atoms with van der Waals surface area (Å²) in [5.41, 5.74) is 1.82. The molecule has 0 fully saturated rings. The molecule has 2 N–H and O–H groups in total. The molecule has 174 valence electrons. The van der Waals surface area contributed by atoms with Crippen molar-refractivity contribution in [3.05, 3.63) is 99.6 Å². The lowest BCUT2D eigenvalue weighted by atomic mass is 10.0. The van der Waals surface area contributed by atoms with E-state index in [-0.39, 0.29) is 35.6 Å². The van der Waals surface area contributed by atoms with Crippen molar-refractivity contribution in [2.24, 2.45) is 0 Å². The second-order valence-corrected chi connectivity index (χ2v) is 7.91. The maximum absolute atomic E-state index is 12.8. The van der Waals surface area contributed by atoms with Crippen LogP contribution >= 0.6 is 0 Å². The van der Waals surface area contributed by atoms with Gasteiger partial charge in [-0.2, -0.15) is 0 Å². The predicted octanol–water partition coefficient (Wildman–Crippen LogP) is 2.88. The number of hydrogen-bond donors (Lipinski definition) is 2. The predicted molar refractivity (Wildman–Crippen MR) is 127 cm³/mol. The summed E-state index contributed by atoms with van der Waals surface area (Å²) in [7, 11) is 0. The summed E-state index contributed by atoms with van der Waals surface area (Å²) in [6.45, 7) is -0.564. The zero-order chi connectivity index (χ0) is 24.4. The number of aromatic nitrogens is 2. The minimum Gasteiger partial charge on any atom is -0.482 e. The van der Waals surface area contributed by atoms with Gasteiger partial charge in [0.05, 0.1) is 22.2 Å². The highest BCUT2D eigenvalue weighted by Gasteiger charge is 2.20. The van der Waals surface area contributed by atoms with Gasteiger partial charge in [0.15, 0.2) is 19.0 Å². The van der Waals surface area contributed by atoms with Gasteiger partial charge in [-0.05, 0) is 42.0 Å². The monoisotopic (exact) mass is 469 g/mol. The highest BCUT2D eigenvalue weighted by atomic mass is 16.5. The van der Waals surface area contributed by atoms with Crippen molar-refractivity contribution in [3.63, 3.8) is 0 Å². The highest BCUT2D eigenvalue weighted by molar-refractivity contribution is 6.02. The molecule has 0 saturated heterocycles. The van der Waals surface area contributed by atoms with E-state index in [1.54, 1.807) is 60.7 Å². The fraction of sp³-hybridized carbons (Fsp3) is 0.115. The summed E-state index contributed by atoms with van der Waals surface area (Å²) >= 11 is 0. The number of ether oxygens (including phenoxy) is 2. The Morgan fingerprint density at radius 1 is 1.00 bits per heavy atom. The summed E-state index contributed by atoms with van der Waals surface area (Å²) in [6.07, 6.45) is 0.198. The van der Waals surface area contributed by atoms with E-state index in [0.717, 1.165) is 0 Å². The van der Waals surface area contributed by atoms with E-state index in [1.165, 1.54) is 6.07 Å². The Balaban J connectivity index is 1.30. The Labute approximate surface area is 198 Å². The Morgan fingerprint density at radius 2 is 1.80 bits per heavy atom. The van der Waals surface area contributed by atoms with Gasteiger partial charge >= 0.3 is 5.97 Å². The maximum atomic E-state index is 12.8. The smallest absolute Gasteiger partial charge is 0.338 e. The number of fused-ring (bicyclic) bond motifs is 2. The van der Waals surface area contributed by atoms with E-state index in [1.807, 2.05) is 0 Å². The number of ketones is 1. The number of nitrogens with one attached hydrogen (secondary N) is 2. The zero-order valence-corrected chi connectivity index (χ0v) is 18.4. The van der Waals surface area contributed by atoms with Gasteiger partial charge < -0.3 is 19.8 Å². The molecule has 1 aliphatic heterocycles. The average Bonchev–Trinajstić information content (AvgIpc) is 2.87. The van der Waals surface area contributed by atoms with Crippen molar-refractivity contribution >= 4 is 34.3 Å². The standard InChI is InChI=1S/C26H19N3O6/c30-21(16-9-10-22-20(11-16)28-24(31)14-34-22)13-35-26(33)17-6-2-1-5-15(17)12-23-27-19-8-4-3-7-18(19)25(32)29-23/h1-11H,12-14H2,(H,28,31)(H,27,29,32). The van der Waals surface area contributed by atoms with Crippen molar-refractivity contribution in [3.8, 4) is 5.75 Å². The zero-order valence-electron chi connectivity index (χ0n) is 18.4. The van der Waals surface area contributed by atoms with Gasteiger partial charge in [-0.25, -0.2) is 9.78 Å². The number of Topliss-reactive ketones (excluding diaryl/α,β-unsaturated/α-hetero) is 1. The van der Waals surface area contributed by atoms with Crippen molar-refractivity contribution in [1.82, 2.24) is 9.97 Å². The van der Waals surface area contributed by atoms with Crippen molar-refractivity contribution in [2.75, 3.05) is 18.5 Å². The van der Waals surface area contributed by atoms with Crippen molar-refractivity contribution < 1.29 is 23.9 Å². The minimum atomic E-state index is -0.674. The second kappa shape index (κ2) is 9.22.